The third-order valence-corrected chi connectivity index (χ3v) is 5.20. The van der Waals surface area contributed by atoms with Gasteiger partial charge in [0.15, 0.2) is 0 Å². The van der Waals surface area contributed by atoms with Crippen LogP contribution in [0.2, 0.25) is 0 Å². The fourth-order valence-corrected chi connectivity index (χ4v) is 3.70. The Morgan fingerprint density at radius 2 is 1.89 bits per heavy atom. The average molecular weight is 379 g/mol. The van der Waals surface area contributed by atoms with Crippen LogP contribution in [0.3, 0.4) is 0 Å². The van der Waals surface area contributed by atoms with Crippen molar-refractivity contribution in [1.82, 2.24) is 19.4 Å². The number of rotatable bonds is 6. The van der Waals surface area contributed by atoms with E-state index in [9.17, 15) is 4.79 Å². The first-order chi connectivity index (χ1) is 13.8. The average Bonchev–Trinajstić information content (AvgIpc) is 3.10. The molecule has 0 unspecified atom stereocenters. The Hall–Kier alpha value is -2.93. The van der Waals surface area contributed by atoms with E-state index in [2.05, 4.69) is 19.4 Å². The molecule has 0 N–H and O–H groups in total. The Morgan fingerprint density at radius 1 is 1.07 bits per heavy atom. The van der Waals surface area contributed by atoms with Crippen molar-refractivity contribution < 1.29 is 9.53 Å². The van der Waals surface area contributed by atoms with Gasteiger partial charge in [-0.15, -0.1) is 0 Å². The lowest BCUT2D eigenvalue weighted by Crippen LogP contribution is -2.49. The first-order valence-corrected chi connectivity index (χ1v) is 9.61. The molecule has 4 rings (SSSR count). The number of anilines is 1. The molecule has 7 heteroatoms. The van der Waals surface area contributed by atoms with Crippen LogP contribution in [0.1, 0.15) is 5.56 Å². The minimum atomic E-state index is 0.162. The number of hydrogen-bond donors (Lipinski definition) is 0. The van der Waals surface area contributed by atoms with Crippen molar-refractivity contribution in [1.29, 1.82) is 0 Å². The summed E-state index contributed by atoms with van der Waals surface area (Å²) in [5.74, 6) is 1.14. The third kappa shape index (κ3) is 3.84. The summed E-state index contributed by atoms with van der Waals surface area (Å²) in [5.41, 5.74) is 1.93. The van der Waals surface area contributed by atoms with Crippen LogP contribution in [-0.2, 0) is 22.5 Å². The van der Waals surface area contributed by atoms with Crippen LogP contribution in [0.5, 0.6) is 0 Å². The maximum Gasteiger partial charge on any atom is 0.227 e. The lowest BCUT2D eigenvalue weighted by Gasteiger charge is -2.35. The number of methoxy groups -OCH3 is 1. The molecule has 0 atom stereocenters. The zero-order valence-corrected chi connectivity index (χ0v) is 16.1. The van der Waals surface area contributed by atoms with E-state index in [0.717, 1.165) is 55.1 Å². The molecule has 3 aromatic rings. The molecule has 146 valence electrons. The van der Waals surface area contributed by atoms with E-state index in [-0.39, 0.29) is 5.91 Å². The predicted octanol–water partition coefficient (Wildman–Crippen LogP) is 1.97. The number of ether oxygens (including phenoxy) is 1. The Bertz CT molecular complexity index is 932. The monoisotopic (exact) mass is 379 g/mol. The molecule has 1 amide bonds. The van der Waals surface area contributed by atoms with Crippen molar-refractivity contribution in [2.45, 2.75) is 13.0 Å². The summed E-state index contributed by atoms with van der Waals surface area (Å²) in [6.45, 7) is 4.38. The highest BCUT2D eigenvalue weighted by Gasteiger charge is 2.23. The second kappa shape index (κ2) is 8.39. The fourth-order valence-electron chi connectivity index (χ4n) is 3.70. The quantitative estimate of drug-likeness (QED) is 0.655. The van der Waals surface area contributed by atoms with Crippen LogP contribution in [0.25, 0.3) is 11.0 Å². The molecule has 0 radical (unpaired) electrons. The Kier molecular flexibility index (Phi) is 5.53. The highest BCUT2D eigenvalue weighted by atomic mass is 16.5. The van der Waals surface area contributed by atoms with Crippen LogP contribution in [0.15, 0.2) is 48.9 Å². The van der Waals surface area contributed by atoms with E-state index >= 15 is 0 Å². The van der Waals surface area contributed by atoms with Gasteiger partial charge < -0.3 is 19.1 Å². The molecular weight excluding hydrogens is 354 g/mol. The van der Waals surface area contributed by atoms with E-state index < -0.39 is 0 Å². The SMILES string of the molecule is COCCn1cc(CC(=O)N2CCN(c3ccccn3)CC2)c2cccnc21. The number of amides is 1. The number of pyridine rings is 2. The van der Waals surface area contributed by atoms with E-state index in [4.69, 9.17) is 4.74 Å². The van der Waals surface area contributed by atoms with Gasteiger partial charge in [0, 0.05) is 63.8 Å². The molecule has 1 aliphatic heterocycles. The van der Waals surface area contributed by atoms with Gasteiger partial charge in [0.1, 0.15) is 11.5 Å². The fraction of sp³-hybridized carbons (Fsp3) is 0.381. The molecule has 0 saturated carbocycles. The minimum Gasteiger partial charge on any atom is -0.383 e. The van der Waals surface area contributed by atoms with Crippen LogP contribution >= 0.6 is 0 Å². The zero-order chi connectivity index (χ0) is 19.3. The number of hydrogen-bond acceptors (Lipinski definition) is 5. The van der Waals surface area contributed by atoms with Gasteiger partial charge >= 0.3 is 0 Å². The number of piperazine rings is 1. The molecule has 1 saturated heterocycles. The Balaban J connectivity index is 1.43. The molecule has 7 nitrogen and oxygen atoms in total. The van der Waals surface area contributed by atoms with E-state index in [1.54, 1.807) is 19.5 Å². The first-order valence-electron chi connectivity index (χ1n) is 9.61. The van der Waals surface area contributed by atoms with E-state index in [1.165, 1.54) is 0 Å². The van der Waals surface area contributed by atoms with Crippen LogP contribution in [0.4, 0.5) is 5.82 Å². The molecule has 1 aliphatic rings. The molecule has 0 spiro atoms. The topological polar surface area (TPSA) is 63.5 Å². The van der Waals surface area contributed by atoms with E-state index in [0.29, 0.717) is 13.0 Å². The van der Waals surface area contributed by atoms with Crippen molar-refractivity contribution in [2.75, 3.05) is 44.8 Å². The summed E-state index contributed by atoms with van der Waals surface area (Å²) in [6, 6.07) is 9.88. The summed E-state index contributed by atoms with van der Waals surface area (Å²) >= 11 is 0. The molecule has 0 aliphatic carbocycles. The molecular formula is C21H25N5O2. The number of aromatic nitrogens is 3. The number of carbonyl (C=O) groups excluding carboxylic acids is 1. The summed E-state index contributed by atoms with van der Waals surface area (Å²) in [5, 5.41) is 1.04. The van der Waals surface area contributed by atoms with Gasteiger partial charge in [0.25, 0.3) is 0 Å². The molecule has 28 heavy (non-hydrogen) atoms. The van der Waals surface area contributed by atoms with Gasteiger partial charge in [0.05, 0.1) is 13.0 Å². The van der Waals surface area contributed by atoms with Gasteiger partial charge in [-0.05, 0) is 29.8 Å². The first kappa shape index (κ1) is 18.4. The number of carbonyl (C=O) groups is 1. The largest absolute Gasteiger partial charge is 0.383 e. The van der Waals surface area contributed by atoms with Gasteiger partial charge in [-0.3, -0.25) is 4.79 Å². The van der Waals surface area contributed by atoms with Gasteiger partial charge in [-0.2, -0.15) is 0 Å². The van der Waals surface area contributed by atoms with Gasteiger partial charge in [-0.25, -0.2) is 9.97 Å². The molecule has 3 aromatic heterocycles. The van der Waals surface area contributed by atoms with Crippen LogP contribution < -0.4 is 4.90 Å². The second-order valence-electron chi connectivity index (χ2n) is 6.95. The van der Waals surface area contributed by atoms with E-state index in [1.807, 2.05) is 41.4 Å². The van der Waals surface area contributed by atoms with Crippen LogP contribution in [-0.4, -0.2) is 65.2 Å². The standard InChI is InChI=1S/C21H25N5O2/c1-28-14-13-26-16-17(18-5-4-8-23-21(18)26)15-20(27)25-11-9-24(10-12-25)19-6-2-3-7-22-19/h2-8,16H,9-15H2,1H3. The molecule has 0 aromatic carbocycles. The Labute approximate surface area is 164 Å². The van der Waals surface area contributed by atoms with Gasteiger partial charge in [-0.1, -0.05) is 6.07 Å². The molecule has 0 bridgehead atoms. The lowest BCUT2D eigenvalue weighted by atomic mass is 10.1. The van der Waals surface area contributed by atoms with Gasteiger partial charge in [0.2, 0.25) is 5.91 Å². The maximum atomic E-state index is 12.9. The highest BCUT2D eigenvalue weighted by molar-refractivity contribution is 5.87. The molecule has 1 fully saturated rings. The number of nitrogens with zero attached hydrogens (tertiary/aromatic N) is 5. The summed E-state index contributed by atoms with van der Waals surface area (Å²) in [4.78, 5) is 26.0. The smallest absolute Gasteiger partial charge is 0.227 e. The van der Waals surface area contributed by atoms with Crippen molar-refractivity contribution >= 4 is 22.8 Å². The summed E-state index contributed by atoms with van der Waals surface area (Å²) in [7, 11) is 1.69. The minimum absolute atomic E-state index is 0.162. The van der Waals surface area contributed by atoms with Crippen LogP contribution in [0, 0.1) is 0 Å². The van der Waals surface area contributed by atoms with Crippen molar-refractivity contribution in [2.24, 2.45) is 0 Å². The Morgan fingerprint density at radius 3 is 2.64 bits per heavy atom. The van der Waals surface area contributed by atoms with Crippen molar-refractivity contribution in [3.63, 3.8) is 0 Å². The van der Waals surface area contributed by atoms with Crippen molar-refractivity contribution in [3.8, 4) is 0 Å². The normalized spacial score (nSPS) is 14.6. The third-order valence-electron chi connectivity index (χ3n) is 5.20. The number of fused-ring (bicyclic) bond motifs is 1. The van der Waals surface area contributed by atoms with Crippen molar-refractivity contribution in [3.05, 3.63) is 54.5 Å². The maximum absolute atomic E-state index is 12.9. The highest BCUT2D eigenvalue weighted by Crippen LogP contribution is 2.21. The molecule has 4 heterocycles. The lowest BCUT2D eigenvalue weighted by molar-refractivity contribution is -0.130. The second-order valence-corrected chi connectivity index (χ2v) is 6.95. The predicted molar refractivity (Wildman–Crippen MR) is 108 cm³/mol. The zero-order valence-electron chi connectivity index (χ0n) is 16.1. The summed E-state index contributed by atoms with van der Waals surface area (Å²) in [6.07, 6.45) is 6.03. The summed E-state index contributed by atoms with van der Waals surface area (Å²) < 4.78 is 7.26.